The van der Waals surface area contributed by atoms with E-state index in [0.717, 1.165) is 9.90 Å². The molecule has 2 N–H and O–H groups in total. The zero-order valence-corrected chi connectivity index (χ0v) is 13.9. The molecular formula is C16H17ClN3OS+. The Morgan fingerprint density at radius 2 is 1.86 bits per heavy atom. The van der Waals surface area contributed by atoms with Gasteiger partial charge in [-0.1, -0.05) is 29.8 Å². The Morgan fingerprint density at radius 3 is 2.55 bits per heavy atom. The number of rotatable bonds is 5. The maximum absolute atomic E-state index is 5.93. The van der Waals surface area contributed by atoms with E-state index in [9.17, 15) is 0 Å². The second-order valence-corrected chi connectivity index (χ2v) is 6.63. The largest absolute Gasteiger partial charge is 0.414 e. The van der Waals surface area contributed by atoms with Gasteiger partial charge in [-0.2, -0.15) is 0 Å². The molecule has 0 saturated carbocycles. The number of hydrogen-bond acceptors (Lipinski definition) is 4. The maximum Gasteiger partial charge on any atom is 0.274 e. The van der Waals surface area contributed by atoms with Crippen LogP contribution in [0.2, 0.25) is 5.02 Å². The normalized spacial score (nSPS) is 14.0. The third-order valence-electron chi connectivity index (χ3n) is 3.54. The smallest absolute Gasteiger partial charge is 0.274 e. The molecule has 2 atom stereocenters. The molecule has 0 aliphatic carbocycles. The van der Waals surface area contributed by atoms with Crippen LogP contribution in [0.3, 0.4) is 0 Å². The fourth-order valence-electron chi connectivity index (χ4n) is 2.31. The van der Waals surface area contributed by atoms with Gasteiger partial charge in [0.25, 0.3) is 11.8 Å². The van der Waals surface area contributed by atoms with Gasteiger partial charge in [-0.3, -0.25) is 0 Å². The molecule has 0 radical (unpaired) electrons. The summed E-state index contributed by atoms with van der Waals surface area (Å²) < 4.78 is 5.78. The summed E-state index contributed by atoms with van der Waals surface area (Å²) in [4.78, 5) is 0.997. The minimum atomic E-state index is 0.0897. The van der Waals surface area contributed by atoms with Gasteiger partial charge in [0.2, 0.25) is 0 Å². The summed E-state index contributed by atoms with van der Waals surface area (Å²) >= 11 is 7.52. The van der Waals surface area contributed by atoms with E-state index in [1.165, 1.54) is 5.56 Å². The Hall–Kier alpha value is -1.69. The number of thiophene rings is 1. The predicted molar refractivity (Wildman–Crippen MR) is 87.8 cm³/mol. The van der Waals surface area contributed by atoms with Crippen molar-refractivity contribution in [2.45, 2.75) is 25.9 Å². The van der Waals surface area contributed by atoms with Crippen LogP contribution in [0.5, 0.6) is 0 Å². The van der Waals surface area contributed by atoms with Gasteiger partial charge >= 0.3 is 0 Å². The number of benzene rings is 1. The lowest BCUT2D eigenvalue weighted by Gasteiger charge is -2.14. The number of nitrogens with zero attached hydrogens (tertiary/aromatic N) is 2. The summed E-state index contributed by atoms with van der Waals surface area (Å²) in [5, 5.41) is 13.3. The number of nitrogens with two attached hydrogens (primary N) is 1. The molecule has 0 amide bonds. The molecule has 3 aromatic rings. The van der Waals surface area contributed by atoms with Crippen molar-refractivity contribution in [1.29, 1.82) is 0 Å². The molecule has 2 aromatic heterocycles. The Labute approximate surface area is 138 Å². The highest BCUT2D eigenvalue weighted by molar-refractivity contribution is 7.13. The molecule has 0 spiro atoms. The lowest BCUT2D eigenvalue weighted by atomic mass is 10.1. The van der Waals surface area contributed by atoms with Crippen LogP contribution in [0.4, 0.5) is 0 Å². The van der Waals surface area contributed by atoms with Gasteiger partial charge < -0.3 is 9.73 Å². The average Bonchev–Trinajstić information content (AvgIpc) is 3.19. The monoisotopic (exact) mass is 334 g/mol. The summed E-state index contributed by atoms with van der Waals surface area (Å²) in [6.45, 7) is 4.22. The third kappa shape index (κ3) is 3.38. The van der Waals surface area contributed by atoms with Crippen LogP contribution < -0.4 is 5.32 Å². The van der Waals surface area contributed by atoms with Crippen LogP contribution in [0.1, 0.15) is 37.4 Å². The van der Waals surface area contributed by atoms with Crippen molar-refractivity contribution in [2.24, 2.45) is 0 Å². The maximum atomic E-state index is 5.93. The van der Waals surface area contributed by atoms with Crippen LogP contribution in [-0.4, -0.2) is 10.2 Å². The van der Waals surface area contributed by atoms with Crippen molar-refractivity contribution in [3.05, 3.63) is 58.3 Å². The second kappa shape index (κ2) is 6.60. The van der Waals surface area contributed by atoms with E-state index in [2.05, 4.69) is 29.4 Å². The van der Waals surface area contributed by atoms with Gasteiger partial charge in [0.15, 0.2) is 6.04 Å². The average molecular weight is 335 g/mol. The standard InChI is InChI=1S/C16H16ClN3OS/c1-10(12-5-7-13(17)8-6-12)18-11(2)15-19-20-16(21-15)14-4-3-9-22-14/h3-11,18H,1-2H3/p+1/t10-,11-/m1/s1. The second-order valence-electron chi connectivity index (χ2n) is 5.24. The topological polar surface area (TPSA) is 55.5 Å². The quantitative estimate of drug-likeness (QED) is 0.771. The highest BCUT2D eigenvalue weighted by Gasteiger charge is 2.21. The number of aromatic nitrogens is 2. The number of quaternary nitrogens is 1. The molecule has 3 rings (SSSR count). The van der Waals surface area contributed by atoms with E-state index in [4.69, 9.17) is 16.0 Å². The minimum absolute atomic E-state index is 0.0897. The summed E-state index contributed by atoms with van der Waals surface area (Å²) in [6.07, 6.45) is 0. The molecule has 0 aliphatic rings. The summed E-state index contributed by atoms with van der Waals surface area (Å²) in [7, 11) is 0. The molecule has 22 heavy (non-hydrogen) atoms. The Morgan fingerprint density at radius 1 is 1.09 bits per heavy atom. The van der Waals surface area contributed by atoms with E-state index in [1.807, 2.05) is 41.8 Å². The molecule has 0 bridgehead atoms. The first kappa shape index (κ1) is 15.2. The van der Waals surface area contributed by atoms with Gasteiger partial charge in [0.1, 0.15) is 6.04 Å². The molecule has 2 heterocycles. The van der Waals surface area contributed by atoms with Gasteiger partial charge in [0, 0.05) is 10.6 Å². The Kier molecular flexibility index (Phi) is 4.57. The van der Waals surface area contributed by atoms with Crippen molar-refractivity contribution in [2.75, 3.05) is 0 Å². The van der Waals surface area contributed by atoms with Crippen molar-refractivity contribution >= 4 is 22.9 Å². The number of hydrogen-bond donors (Lipinski definition) is 1. The van der Waals surface area contributed by atoms with Crippen LogP contribution >= 0.6 is 22.9 Å². The Bertz CT molecular complexity index is 724. The highest BCUT2D eigenvalue weighted by Crippen LogP contribution is 2.24. The molecule has 114 valence electrons. The molecular weight excluding hydrogens is 318 g/mol. The van der Waals surface area contributed by atoms with Crippen molar-refractivity contribution < 1.29 is 9.73 Å². The first-order valence-electron chi connectivity index (χ1n) is 7.11. The van der Waals surface area contributed by atoms with Crippen molar-refractivity contribution in [3.63, 3.8) is 0 Å². The minimum Gasteiger partial charge on any atom is -0.414 e. The fourth-order valence-corrected chi connectivity index (χ4v) is 3.08. The lowest BCUT2D eigenvalue weighted by molar-refractivity contribution is -0.730. The van der Waals surface area contributed by atoms with E-state index in [0.29, 0.717) is 11.8 Å². The molecule has 1 aromatic carbocycles. The summed E-state index contributed by atoms with van der Waals surface area (Å²) in [5.41, 5.74) is 1.22. The van der Waals surface area contributed by atoms with Crippen LogP contribution in [0.15, 0.2) is 46.2 Å². The molecule has 6 heteroatoms. The molecule has 0 saturated heterocycles. The lowest BCUT2D eigenvalue weighted by Crippen LogP contribution is -2.85. The van der Waals surface area contributed by atoms with Crippen LogP contribution in [0.25, 0.3) is 10.8 Å². The third-order valence-corrected chi connectivity index (χ3v) is 4.65. The summed E-state index contributed by atoms with van der Waals surface area (Å²) in [6, 6.07) is 12.2. The van der Waals surface area contributed by atoms with Gasteiger partial charge in [-0.05, 0) is 37.4 Å². The van der Waals surface area contributed by atoms with Crippen LogP contribution in [0, 0.1) is 0 Å². The van der Waals surface area contributed by atoms with Crippen LogP contribution in [-0.2, 0) is 0 Å². The molecule has 0 fully saturated rings. The molecule has 4 nitrogen and oxygen atoms in total. The molecule has 0 aliphatic heterocycles. The highest BCUT2D eigenvalue weighted by atomic mass is 35.5. The SMILES string of the molecule is C[C@@H]([NH2+][C@H](C)c1nnc(-c2cccs2)o1)c1ccc(Cl)cc1. The first-order valence-corrected chi connectivity index (χ1v) is 8.37. The number of halogens is 1. The first-order chi connectivity index (χ1) is 10.6. The zero-order valence-electron chi connectivity index (χ0n) is 12.4. The van der Waals surface area contributed by atoms with E-state index < -0.39 is 0 Å². The van der Waals surface area contributed by atoms with Gasteiger partial charge in [-0.15, -0.1) is 21.5 Å². The summed E-state index contributed by atoms with van der Waals surface area (Å²) in [5.74, 6) is 1.23. The predicted octanol–water partition coefficient (Wildman–Crippen LogP) is 3.84. The molecule has 0 unspecified atom stereocenters. The van der Waals surface area contributed by atoms with Gasteiger partial charge in [-0.25, -0.2) is 0 Å². The van der Waals surface area contributed by atoms with E-state index in [-0.39, 0.29) is 12.1 Å². The van der Waals surface area contributed by atoms with Crippen molar-refractivity contribution in [3.8, 4) is 10.8 Å². The van der Waals surface area contributed by atoms with E-state index >= 15 is 0 Å². The Balaban J connectivity index is 1.69. The zero-order chi connectivity index (χ0) is 15.5. The van der Waals surface area contributed by atoms with E-state index in [1.54, 1.807) is 11.3 Å². The van der Waals surface area contributed by atoms with Crippen molar-refractivity contribution in [1.82, 2.24) is 10.2 Å². The van der Waals surface area contributed by atoms with Gasteiger partial charge in [0.05, 0.1) is 4.88 Å². The fraction of sp³-hybridized carbons (Fsp3) is 0.250.